The van der Waals surface area contributed by atoms with Crippen molar-refractivity contribution >= 4 is 11.9 Å². The first-order valence-electron chi connectivity index (χ1n) is 2.96. The van der Waals surface area contributed by atoms with Crippen LogP contribution in [0, 0.1) is 6.07 Å². The van der Waals surface area contributed by atoms with Crippen LogP contribution in [0.4, 0.5) is 0 Å². The Morgan fingerprint density at radius 1 is 1.33 bits per heavy atom. The van der Waals surface area contributed by atoms with E-state index in [4.69, 9.17) is 10.2 Å². The number of hydrogen-bond donors (Lipinski definition) is 2. The molecule has 1 heterocycles. The maximum atomic E-state index is 10.3. The van der Waals surface area contributed by atoms with Crippen molar-refractivity contribution in [2.24, 2.45) is 0 Å². The quantitative estimate of drug-likeness (QED) is 0.658. The molecule has 0 aliphatic carbocycles. The zero-order chi connectivity index (χ0) is 9.14. The first-order valence-corrected chi connectivity index (χ1v) is 2.96. The van der Waals surface area contributed by atoms with Gasteiger partial charge in [0.1, 0.15) is 0 Å². The van der Waals surface area contributed by atoms with E-state index in [1.807, 2.05) is 0 Å². The van der Waals surface area contributed by atoms with Crippen LogP contribution in [0.3, 0.4) is 0 Å². The molecule has 0 fully saturated rings. The highest BCUT2D eigenvalue weighted by Gasteiger charge is 2.09. The minimum absolute atomic E-state index is 0.206. The Kier molecular flexibility index (Phi) is 2.05. The van der Waals surface area contributed by atoms with Gasteiger partial charge in [-0.1, -0.05) is 0 Å². The fourth-order valence-corrected chi connectivity index (χ4v) is 0.621. The van der Waals surface area contributed by atoms with E-state index < -0.39 is 17.6 Å². The summed E-state index contributed by atoms with van der Waals surface area (Å²) in [5.41, 5.74) is -0.600. The second kappa shape index (κ2) is 3.00. The first-order chi connectivity index (χ1) is 5.61. The molecule has 1 radical (unpaired) electrons. The van der Waals surface area contributed by atoms with Crippen LogP contribution in [-0.4, -0.2) is 27.1 Å². The van der Waals surface area contributed by atoms with Crippen molar-refractivity contribution in [2.45, 2.75) is 0 Å². The van der Waals surface area contributed by atoms with Gasteiger partial charge in [0.05, 0.1) is 5.56 Å². The van der Waals surface area contributed by atoms with Crippen molar-refractivity contribution in [1.82, 2.24) is 4.98 Å². The Morgan fingerprint density at radius 3 is 2.50 bits per heavy atom. The number of carboxylic acid groups (broad SMARTS) is 2. The molecule has 0 amide bonds. The molecule has 0 saturated carbocycles. The summed E-state index contributed by atoms with van der Waals surface area (Å²) in [7, 11) is 0. The lowest BCUT2D eigenvalue weighted by Crippen LogP contribution is -2.04. The van der Waals surface area contributed by atoms with Crippen LogP contribution in [0.1, 0.15) is 20.8 Å². The highest BCUT2D eigenvalue weighted by molar-refractivity contribution is 5.91. The maximum Gasteiger partial charge on any atom is 0.355 e. The monoisotopic (exact) mass is 166 g/mol. The third-order valence-electron chi connectivity index (χ3n) is 1.13. The lowest BCUT2D eigenvalue weighted by molar-refractivity contribution is 0.0690. The number of hydrogen-bond acceptors (Lipinski definition) is 3. The molecule has 0 spiro atoms. The molecule has 0 aromatic carbocycles. The van der Waals surface area contributed by atoms with Gasteiger partial charge in [0.15, 0.2) is 5.69 Å². The van der Waals surface area contributed by atoms with Crippen molar-refractivity contribution in [3.8, 4) is 0 Å². The van der Waals surface area contributed by atoms with Crippen molar-refractivity contribution in [1.29, 1.82) is 0 Å². The molecule has 0 unspecified atom stereocenters. The molecule has 12 heavy (non-hydrogen) atoms. The van der Waals surface area contributed by atoms with Crippen LogP contribution in [0.15, 0.2) is 12.3 Å². The Balaban J connectivity index is 3.12. The fraction of sp³-hybridized carbons (Fsp3) is 0. The summed E-state index contributed by atoms with van der Waals surface area (Å²) in [6.45, 7) is 0. The van der Waals surface area contributed by atoms with Gasteiger partial charge in [0, 0.05) is 12.3 Å². The second-order valence-corrected chi connectivity index (χ2v) is 1.94. The number of aromatic carboxylic acids is 2. The molecule has 0 aliphatic rings. The largest absolute Gasteiger partial charge is 0.478 e. The molecule has 0 saturated heterocycles. The number of aromatic nitrogens is 1. The Hall–Kier alpha value is -1.91. The average molecular weight is 166 g/mol. The molecule has 5 heteroatoms. The summed E-state index contributed by atoms with van der Waals surface area (Å²) in [5, 5.41) is 16.8. The van der Waals surface area contributed by atoms with E-state index in [2.05, 4.69) is 11.1 Å². The van der Waals surface area contributed by atoms with Gasteiger partial charge in [-0.2, -0.15) is 0 Å². The SMILES string of the molecule is O=C(O)c1[c]c(C(=O)O)ncc1. The molecule has 2 N–H and O–H groups in total. The zero-order valence-electron chi connectivity index (χ0n) is 5.81. The van der Waals surface area contributed by atoms with Gasteiger partial charge in [-0.15, -0.1) is 0 Å². The van der Waals surface area contributed by atoms with E-state index in [9.17, 15) is 9.59 Å². The van der Waals surface area contributed by atoms with Crippen LogP contribution >= 0.6 is 0 Å². The van der Waals surface area contributed by atoms with Gasteiger partial charge >= 0.3 is 11.9 Å². The number of pyridine rings is 1. The highest BCUT2D eigenvalue weighted by atomic mass is 16.4. The van der Waals surface area contributed by atoms with Crippen LogP contribution in [0.5, 0.6) is 0 Å². The highest BCUT2D eigenvalue weighted by Crippen LogP contribution is 1.99. The molecule has 1 rings (SSSR count). The summed E-state index contributed by atoms with van der Waals surface area (Å²) in [4.78, 5) is 24.0. The number of nitrogens with zero attached hydrogens (tertiary/aromatic N) is 1. The van der Waals surface area contributed by atoms with Gasteiger partial charge in [0.25, 0.3) is 0 Å². The second-order valence-electron chi connectivity index (χ2n) is 1.94. The fourth-order valence-electron chi connectivity index (χ4n) is 0.621. The van der Waals surface area contributed by atoms with E-state index in [0.717, 1.165) is 6.20 Å². The summed E-state index contributed by atoms with van der Waals surface area (Å²) in [5.74, 6) is -2.52. The van der Waals surface area contributed by atoms with Gasteiger partial charge in [-0.05, 0) is 6.07 Å². The Morgan fingerprint density at radius 2 is 2.00 bits per heavy atom. The molecular formula is C7H4NO4. The van der Waals surface area contributed by atoms with Gasteiger partial charge in [-0.3, -0.25) is 0 Å². The molecule has 1 aromatic rings. The Bertz CT molecular complexity index is 305. The maximum absolute atomic E-state index is 10.3. The van der Waals surface area contributed by atoms with E-state index >= 15 is 0 Å². The van der Waals surface area contributed by atoms with Gasteiger partial charge in [0.2, 0.25) is 0 Å². The summed E-state index contributed by atoms with van der Waals surface area (Å²) in [6, 6.07) is 3.31. The molecule has 0 atom stereocenters. The van der Waals surface area contributed by atoms with E-state index in [-0.39, 0.29) is 5.56 Å². The van der Waals surface area contributed by atoms with Crippen LogP contribution in [0.2, 0.25) is 0 Å². The van der Waals surface area contributed by atoms with E-state index in [1.165, 1.54) is 6.07 Å². The topological polar surface area (TPSA) is 87.5 Å². The van der Waals surface area contributed by atoms with Gasteiger partial charge in [-0.25, -0.2) is 14.6 Å². The first kappa shape index (κ1) is 8.19. The molecule has 5 nitrogen and oxygen atoms in total. The minimum Gasteiger partial charge on any atom is -0.478 e. The van der Waals surface area contributed by atoms with E-state index in [1.54, 1.807) is 0 Å². The zero-order valence-corrected chi connectivity index (χ0v) is 5.81. The lowest BCUT2D eigenvalue weighted by Gasteiger charge is -1.93. The normalized spacial score (nSPS) is 9.33. The molecular weight excluding hydrogens is 162 g/mol. The van der Waals surface area contributed by atoms with Crippen LogP contribution in [-0.2, 0) is 0 Å². The lowest BCUT2D eigenvalue weighted by atomic mass is 10.2. The minimum atomic E-state index is -1.29. The molecule has 61 valence electrons. The van der Waals surface area contributed by atoms with Crippen molar-refractivity contribution in [3.63, 3.8) is 0 Å². The molecule has 1 aromatic heterocycles. The standard InChI is InChI=1S/C7H4NO4/c9-6(10)4-1-2-8-5(3-4)7(11)12/h1-2H,(H,9,10)(H,11,12). The number of carboxylic acids is 2. The summed E-state index contributed by atoms with van der Waals surface area (Å²) >= 11 is 0. The average Bonchev–Trinajstić information content (AvgIpc) is 2.04. The van der Waals surface area contributed by atoms with Gasteiger partial charge < -0.3 is 10.2 Å². The summed E-state index contributed by atoms with van der Waals surface area (Å²) < 4.78 is 0. The van der Waals surface area contributed by atoms with Crippen LogP contribution in [0.25, 0.3) is 0 Å². The van der Waals surface area contributed by atoms with E-state index in [0.29, 0.717) is 0 Å². The smallest absolute Gasteiger partial charge is 0.355 e. The number of rotatable bonds is 2. The number of carbonyl (C=O) groups is 2. The third kappa shape index (κ3) is 1.57. The van der Waals surface area contributed by atoms with Crippen molar-refractivity contribution < 1.29 is 19.8 Å². The molecule has 0 aliphatic heterocycles. The Labute approximate surface area is 67.3 Å². The predicted molar refractivity (Wildman–Crippen MR) is 37.0 cm³/mol. The summed E-state index contributed by atoms with van der Waals surface area (Å²) in [6.07, 6.45) is 1.11. The molecule has 0 bridgehead atoms. The van der Waals surface area contributed by atoms with Crippen LogP contribution < -0.4 is 0 Å². The predicted octanol–water partition coefficient (Wildman–Crippen LogP) is 0.278. The van der Waals surface area contributed by atoms with Crippen molar-refractivity contribution in [2.75, 3.05) is 0 Å². The third-order valence-corrected chi connectivity index (χ3v) is 1.13. The van der Waals surface area contributed by atoms with Crippen molar-refractivity contribution in [3.05, 3.63) is 29.6 Å².